The Hall–Kier alpha value is -3.26. The van der Waals surface area contributed by atoms with Crippen molar-refractivity contribution in [2.24, 2.45) is 5.92 Å². The van der Waals surface area contributed by atoms with Crippen molar-refractivity contribution in [1.82, 2.24) is 4.90 Å². The van der Waals surface area contributed by atoms with Crippen molar-refractivity contribution in [3.8, 4) is 11.5 Å². The molecule has 2 aromatic carbocycles. The molecule has 0 saturated heterocycles. The lowest BCUT2D eigenvalue weighted by molar-refractivity contribution is -0.149. The number of amides is 2. The SMILES string of the molecule is CCOC(Cc1ccc(OCCN(CCC2CCCC2)C(=O)Nc2ccc(OC)cc2)cc1)C(=O)O. The van der Waals surface area contributed by atoms with Crippen LogP contribution in [0.4, 0.5) is 10.5 Å². The molecule has 0 spiro atoms. The molecular weight excluding hydrogens is 460 g/mol. The van der Waals surface area contributed by atoms with E-state index in [1.54, 1.807) is 14.0 Å². The fourth-order valence-corrected chi connectivity index (χ4v) is 4.46. The number of nitrogens with zero attached hydrogens (tertiary/aromatic N) is 1. The molecule has 0 aliphatic heterocycles. The van der Waals surface area contributed by atoms with Gasteiger partial charge in [-0.05, 0) is 61.2 Å². The first kappa shape index (κ1) is 27.3. The summed E-state index contributed by atoms with van der Waals surface area (Å²) >= 11 is 0. The van der Waals surface area contributed by atoms with Gasteiger partial charge in [0.25, 0.3) is 0 Å². The van der Waals surface area contributed by atoms with Crippen molar-refractivity contribution in [3.05, 3.63) is 54.1 Å². The fraction of sp³-hybridized carbons (Fsp3) is 0.500. The van der Waals surface area contributed by atoms with E-state index >= 15 is 0 Å². The van der Waals surface area contributed by atoms with Crippen molar-refractivity contribution in [1.29, 1.82) is 0 Å². The molecule has 1 unspecified atom stereocenters. The number of carboxylic acids is 1. The third kappa shape index (κ3) is 8.75. The van der Waals surface area contributed by atoms with Gasteiger partial charge in [-0.2, -0.15) is 0 Å². The molecule has 8 nitrogen and oxygen atoms in total. The number of urea groups is 1. The number of ether oxygens (including phenoxy) is 3. The van der Waals surface area contributed by atoms with Gasteiger partial charge in [-0.25, -0.2) is 9.59 Å². The molecular formula is C28H38N2O6. The highest BCUT2D eigenvalue weighted by molar-refractivity contribution is 5.89. The Balaban J connectivity index is 1.53. The summed E-state index contributed by atoms with van der Waals surface area (Å²) in [6.07, 6.45) is 5.46. The number of nitrogens with one attached hydrogen (secondary N) is 1. The van der Waals surface area contributed by atoms with Crippen LogP contribution in [0.2, 0.25) is 0 Å². The van der Waals surface area contributed by atoms with E-state index in [1.807, 2.05) is 53.4 Å². The molecule has 2 aromatic rings. The van der Waals surface area contributed by atoms with Crippen LogP contribution in [0.3, 0.4) is 0 Å². The minimum absolute atomic E-state index is 0.146. The van der Waals surface area contributed by atoms with Crippen molar-refractivity contribution in [2.75, 3.05) is 38.7 Å². The van der Waals surface area contributed by atoms with Gasteiger partial charge in [0.05, 0.1) is 13.7 Å². The molecule has 1 fully saturated rings. The second kappa shape index (κ2) is 14.3. The number of hydrogen-bond acceptors (Lipinski definition) is 5. The molecule has 1 saturated carbocycles. The van der Waals surface area contributed by atoms with E-state index in [2.05, 4.69) is 5.32 Å². The predicted octanol–water partition coefficient (Wildman–Crippen LogP) is 5.22. The highest BCUT2D eigenvalue weighted by Crippen LogP contribution is 2.27. The van der Waals surface area contributed by atoms with Crippen LogP contribution < -0.4 is 14.8 Å². The molecule has 0 heterocycles. The van der Waals surface area contributed by atoms with Crippen LogP contribution in [0.25, 0.3) is 0 Å². The van der Waals surface area contributed by atoms with Gasteiger partial charge in [-0.1, -0.05) is 37.8 Å². The van der Waals surface area contributed by atoms with Gasteiger partial charge in [0.15, 0.2) is 6.10 Å². The van der Waals surface area contributed by atoms with Crippen molar-refractivity contribution < 1.29 is 28.9 Å². The van der Waals surface area contributed by atoms with E-state index in [4.69, 9.17) is 14.2 Å². The van der Waals surface area contributed by atoms with Crippen molar-refractivity contribution >= 4 is 17.7 Å². The molecule has 3 rings (SSSR count). The molecule has 8 heteroatoms. The van der Waals surface area contributed by atoms with Crippen LogP contribution in [0.1, 0.15) is 44.6 Å². The summed E-state index contributed by atoms with van der Waals surface area (Å²) in [7, 11) is 1.61. The molecule has 36 heavy (non-hydrogen) atoms. The highest BCUT2D eigenvalue weighted by Gasteiger charge is 2.20. The number of carboxylic acid groups (broad SMARTS) is 1. The number of carbonyl (C=O) groups excluding carboxylic acids is 1. The molecule has 1 atom stereocenters. The van der Waals surface area contributed by atoms with Crippen LogP contribution in [-0.4, -0.2) is 61.5 Å². The Kier molecular flexibility index (Phi) is 10.9. The summed E-state index contributed by atoms with van der Waals surface area (Å²) in [5.41, 5.74) is 1.58. The number of benzene rings is 2. The topological polar surface area (TPSA) is 97.3 Å². The number of rotatable bonds is 14. The summed E-state index contributed by atoms with van der Waals surface area (Å²) in [6.45, 7) is 3.63. The van der Waals surface area contributed by atoms with Gasteiger partial charge < -0.3 is 29.5 Å². The van der Waals surface area contributed by atoms with Gasteiger partial charge in [0.2, 0.25) is 0 Å². The zero-order valence-electron chi connectivity index (χ0n) is 21.3. The Morgan fingerprint density at radius 2 is 1.69 bits per heavy atom. The standard InChI is InChI=1S/C28H38N2O6/c1-3-35-26(27(31)32)20-22-8-12-25(13-9-22)36-19-18-30(17-16-21-6-4-5-7-21)28(33)29-23-10-14-24(34-2)15-11-23/h8-15,21,26H,3-7,16-20H2,1-2H3,(H,29,33)(H,31,32). The van der Waals surface area contributed by atoms with Gasteiger partial charge in [-0.3, -0.25) is 0 Å². The molecule has 2 N–H and O–H groups in total. The summed E-state index contributed by atoms with van der Waals surface area (Å²) < 4.78 is 16.4. The number of aliphatic carboxylic acids is 1. The third-order valence-electron chi connectivity index (χ3n) is 6.53. The maximum atomic E-state index is 13.0. The number of anilines is 1. The van der Waals surface area contributed by atoms with E-state index in [0.29, 0.717) is 44.4 Å². The van der Waals surface area contributed by atoms with Crippen molar-refractivity contribution in [2.45, 2.75) is 51.6 Å². The van der Waals surface area contributed by atoms with Gasteiger partial charge in [0, 0.05) is 25.3 Å². The Morgan fingerprint density at radius 3 is 2.31 bits per heavy atom. The predicted molar refractivity (Wildman–Crippen MR) is 139 cm³/mol. The molecule has 1 aliphatic rings. The first-order chi connectivity index (χ1) is 17.5. The lowest BCUT2D eigenvalue weighted by atomic mass is 10.0. The Labute approximate surface area is 213 Å². The minimum atomic E-state index is -0.970. The highest BCUT2D eigenvalue weighted by atomic mass is 16.5. The average Bonchev–Trinajstić information content (AvgIpc) is 3.41. The van der Waals surface area contributed by atoms with Crippen LogP contribution >= 0.6 is 0 Å². The quantitative estimate of drug-likeness (QED) is 0.371. The normalized spacial score (nSPS) is 14.3. The first-order valence-electron chi connectivity index (χ1n) is 12.7. The molecule has 0 bridgehead atoms. The number of hydrogen-bond donors (Lipinski definition) is 2. The van der Waals surface area contributed by atoms with Crippen LogP contribution in [0, 0.1) is 5.92 Å². The van der Waals surface area contributed by atoms with E-state index in [-0.39, 0.29) is 6.03 Å². The lowest BCUT2D eigenvalue weighted by Crippen LogP contribution is -2.39. The van der Waals surface area contributed by atoms with E-state index in [0.717, 1.165) is 23.4 Å². The van der Waals surface area contributed by atoms with Gasteiger partial charge in [-0.15, -0.1) is 0 Å². The third-order valence-corrected chi connectivity index (χ3v) is 6.53. The second-order valence-corrected chi connectivity index (χ2v) is 9.06. The largest absolute Gasteiger partial charge is 0.497 e. The maximum Gasteiger partial charge on any atom is 0.333 e. The summed E-state index contributed by atoms with van der Waals surface area (Å²) in [5, 5.41) is 12.2. The summed E-state index contributed by atoms with van der Waals surface area (Å²) in [5.74, 6) is 1.12. The molecule has 0 aromatic heterocycles. The molecule has 0 radical (unpaired) electrons. The Morgan fingerprint density at radius 1 is 1.03 bits per heavy atom. The van der Waals surface area contributed by atoms with Crippen LogP contribution in [-0.2, 0) is 16.0 Å². The van der Waals surface area contributed by atoms with Crippen LogP contribution in [0.5, 0.6) is 11.5 Å². The maximum absolute atomic E-state index is 13.0. The minimum Gasteiger partial charge on any atom is -0.497 e. The molecule has 196 valence electrons. The van der Waals surface area contributed by atoms with E-state index in [1.165, 1.54) is 25.7 Å². The smallest absolute Gasteiger partial charge is 0.333 e. The van der Waals surface area contributed by atoms with E-state index < -0.39 is 12.1 Å². The van der Waals surface area contributed by atoms with Crippen molar-refractivity contribution in [3.63, 3.8) is 0 Å². The fourth-order valence-electron chi connectivity index (χ4n) is 4.46. The summed E-state index contributed by atoms with van der Waals surface area (Å²) in [4.78, 5) is 26.2. The second-order valence-electron chi connectivity index (χ2n) is 9.06. The lowest BCUT2D eigenvalue weighted by Gasteiger charge is -2.25. The molecule has 2 amide bonds. The Bertz CT molecular complexity index is 942. The number of methoxy groups -OCH3 is 1. The molecule has 1 aliphatic carbocycles. The van der Waals surface area contributed by atoms with Gasteiger partial charge in [0.1, 0.15) is 18.1 Å². The first-order valence-corrected chi connectivity index (χ1v) is 12.7. The monoisotopic (exact) mass is 498 g/mol. The van der Waals surface area contributed by atoms with E-state index in [9.17, 15) is 14.7 Å². The van der Waals surface area contributed by atoms with Gasteiger partial charge >= 0.3 is 12.0 Å². The average molecular weight is 499 g/mol. The van der Waals surface area contributed by atoms with Crippen LogP contribution in [0.15, 0.2) is 48.5 Å². The number of carbonyl (C=O) groups is 2. The zero-order valence-corrected chi connectivity index (χ0v) is 21.3. The summed E-state index contributed by atoms with van der Waals surface area (Å²) in [6, 6.07) is 14.5. The zero-order chi connectivity index (χ0) is 25.8.